The molecule has 3 rings (SSSR count). The van der Waals surface area contributed by atoms with Gasteiger partial charge in [0.2, 0.25) is 6.79 Å². The molecule has 1 aromatic rings. The molecule has 2 unspecified atom stereocenters. The number of aliphatic hydroxyl groups is 1. The van der Waals surface area contributed by atoms with Crippen LogP contribution < -0.4 is 14.2 Å². The molecule has 1 aromatic carbocycles. The van der Waals surface area contributed by atoms with Crippen molar-refractivity contribution in [2.24, 2.45) is 11.8 Å². The van der Waals surface area contributed by atoms with Gasteiger partial charge in [0, 0.05) is 11.6 Å². The number of hydrogen-bond donors (Lipinski definition) is 1. The molecule has 1 heterocycles. The van der Waals surface area contributed by atoms with Crippen LogP contribution in [0.4, 0.5) is 0 Å². The molecular weight excluding hydrogens is 256 g/mol. The second-order valence-electron chi connectivity index (χ2n) is 6.13. The zero-order valence-corrected chi connectivity index (χ0v) is 12.1. The Kier molecular flexibility index (Phi) is 3.74. The summed E-state index contributed by atoms with van der Waals surface area (Å²) < 4.78 is 16.9. The van der Waals surface area contributed by atoms with Gasteiger partial charge in [-0.1, -0.05) is 13.8 Å². The highest BCUT2D eigenvalue weighted by atomic mass is 16.7. The van der Waals surface area contributed by atoms with E-state index in [1.807, 2.05) is 12.1 Å². The summed E-state index contributed by atoms with van der Waals surface area (Å²) in [6.45, 7) is 4.74. The van der Waals surface area contributed by atoms with Gasteiger partial charge in [0.25, 0.3) is 0 Å². The van der Waals surface area contributed by atoms with Gasteiger partial charge in [0.15, 0.2) is 11.5 Å². The highest BCUT2D eigenvalue weighted by molar-refractivity contribution is 5.51. The maximum atomic E-state index is 9.51. The lowest BCUT2D eigenvalue weighted by atomic mass is 9.82. The molecule has 1 saturated carbocycles. The lowest BCUT2D eigenvalue weighted by molar-refractivity contribution is 0.0982. The van der Waals surface area contributed by atoms with Crippen LogP contribution in [0.25, 0.3) is 0 Å². The van der Waals surface area contributed by atoms with Gasteiger partial charge in [-0.15, -0.1) is 0 Å². The van der Waals surface area contributed by atoms with E-state index in [9.17, 15) is 5.11 Å². The summed E-state index contributed by atoms with van der Waals surface area (Å²) in [5.41, 5.74) is 0.764. The molecule has 1 aliphatic heterocycles. The predicted molar refractivity (Wildman–Crippen MR) is 75.1 cm³/mol. The Balaban J connectivity index is 1.79. The molecule has 2 atom stereocenters. The number of ether oxygens (including phenoxy) is 3. The third kappa shape index (κ3) is 2.70. The van der Waals surface area contributed by atoms with Gasteiger partial charge >= 0.3 is 0 Å². The number of aliphatic hydroxyl groups excluding tert-OH is 1. The minimum atomic E-state index is -0.0518. The Morgan fingerprint density at radius 3 is 2.40 bits per heavy atom. The highest BCUT2D eigenvalue weighted by Crippen LogP contribution is 2.40. The van der Waals surface area contributed by atoms with Crippen LogP contribution in [0.15, 0.2) is 12.1 Å². The SMILES string of the molecule is CC1CC(C)CC(Oc2cc3c(cc2CO)OCO3)C1. The highest BCUT2D eigenvalue weighted by Gasteiger charge is 2.27. The first-order valence-corrected chi connectivity index (χ1v) is 7.35. The van der Waals surface area contributed by atoms with Crippen LogP contribution in [0, 0.1) is 11.8 Å². The summed E-state index contributed by atoms with van der Waals surface area (Å²) in [6, 6.07) is 3.66. The first-order chi connectivity index (χ1) is 9.65. The van der Waals surface area contributed by atoms with Crippen molar-refractivity contribution in [1.82, 2.24) is 0 Å². The van der Waals surface area contributed by atoms with Gasteiger partial charge < -0.3 is 19.3 Å². The van der Waals surface area contributed by atoms with Crippen molar-refractivity contribution < 1.29 is 19.3 Å². The maximum absolute atomic E-state index is 9.51. The number of fused-ring (bicyclic) bond motifs is 1. The number of hydrogen-bond acceptors (Lipinski definition) is 4. The molecule has 110 valence electrons. The maximum Gasteiger partial charge on any atom is 0.231 e. The van der Waals surface area contributed by atoms with Gasteiger partial charge in [-0.25, -0.2) is 0 Å². The molecule has 20 heavy (non-hydrogen) atoms. The first kappa shape index (κ1) is 13.6. The van der Waals surface area contributed by atoms with Gasteiger partial charge in [0.05, 0.1) is 12.7 Å². The quantitative estimate of drug-likeness (QED) is 0.923. The molecule has 0 saturated heterocycles. The van der Waals surface area contributed by atoms with E-state index in [1.165, 1.54) is 6.42 Å². The fourth-order valence-corrected chi connectivity index (χ4v) is 3.35. The number of benzene rings is 1. The molecule has 0 bridgehead atoms. The van der Waals surface area contributed by atoms with Gasteiger partial charge in [-0.3, -0.25) is 0 Å². The van der Waals surface area contributed by atoms with Crippen molar-refractivity contribution in [3.63, 3.8) is 0 Å². The van der Waals surface area contributed by atoms with E-state index in [1.54, 1.807) is 0 Å². The van der Waals surface area contributed by atoms with Crippen molar-refractivity contribution in [2.75, 3.05) is 6.79 Å². The predicted octanol–water partition coefficient (Wildman–Crippen LogP) is 3.11. The molecule has 0 aromatic heterocycles. The minimum Gasteiger partial charge on any atom is -0.490 e. The van der Waals surface area contributed by atoms with Crippen LogP contribution in [0.1, 0.15) is 38.7 Å². The third-order valence-corrected chi connectivity index (χ3v) is 4.15. The Morgan fingerprint density at radius 1 is 1.10 bits per heavy atom. The second-order valence-corrected chi connectivity index (χ2v) is 6.13. The second kappa shape index (κ2) is 5.52. The van der Waals surface area contributed by atoms with Crippen LogP contribution in [-0.4, -0.2) is 18.0 Å². The standard InChI is InChI=1S/C16H22O4/c1-10-3-11(2)5-13(4-10)20-14-7-16-15(18-9-19-16)6-12(14)8-17/h6-7,10-11,13,17H,3-5,8-9H2,1-2H3. The van der Waals surface area contributed by atoms with E-state index in [0.29, 0.717) is 23.3 Å². The average Bonchev–Trinajstić information content (AvgIpc) is 2.83. The average molecular weight is 278 g/mol. The van der Waals surface area contributed by atoms with Crippen LogP contribution >= 0.6 is 0 Å². The molecule has 1 fully saturated rings. The Hall–Kier alpha value is -1.42. The summed E-state index contributed by atoms with van der Waals surface area (Å²) in [5.74, 6) is 3.50. The van der Waals surface area contributed by atoms with E-state index in [2.05, 4.69) is 13.8 Å². The fourth-order valence-electron chi connectivity index (χ4n) is 3.35. The lowest BCUT2D eigenvalue weighted by Gasteiger charge is -2.32. The van der Waals surface area contributed by atoms with Crippen molar-refractivity contribution in [3.8, 4) is 17.2 Å². The summed E-state index contributed by atoms with van der Waals surface area (Å²) in [6.07, 6.45) is 3.64. The molecule has 1 aliphatic carbocycles. The van der Waals surface area contributed by atoms with Crippen LogP contribution in [0.5, 0.6) is 17.2 Å². The summed E-state index contributed by atoms with van der Waals surface area (Å²) >= 11 is 0. The molecule has 4 nitrogen and oxygen atoms in total. The van der Waals surface area contributed by atoms with Crippen molar-refractivity contribution in [2.45, 2.75) is 45.8 Å². The van der Waals surface area contributed by atoms with Crippen molar-refractivity contribution in [3.05, 3.63) is 17.7 Å². The van der Waals surface area contributed by atoms with E-state index in [-0.39, 0.29) is 19.5 Å². The van der Waals surface area contributed by atoms with Crippen molar-refractivity contribution in [1.29, 1.82) is 0 Å². The van der Waals surface area contributed by atoms with E-state index >= 15 is 0 Å². The molecule has 0 spiro atoms. The van der Waals surface area contributed by atoms with Gasteiger partial charge in [-0.2, -0.15) is 0 Å². The van der Waals surface area contributed by atoms with E-state index < -0.39 is 0 Å². The Morgan fingerprint density at radius 2 is 1.75 bits per heavy atom. The van der Waals surface area contributed by atoms with E-state index in [4.69, 9.17) is 14.2 Å². The Labute approximate surface area is 119 Å². The zero-order chi connectivity index (χ0) is 14.1. The van der Waals surface area contributed by atoms with Crippen LogP contribution in [-0.2, 0) is 6.61 Å². The van der Waals surface area contributed by atoms with E-state index in [0.717, 1.165) is 24.2 Å². The first-order valence-electron chi connectivity index (χ1n) is 7.35. The molecule has 0 radical (unpaired) electrons. The summed E-state index contributed by atoms with van der Waals surface area (Å²) in [7, 11) is 0. The smallest absolute Gasteiger partial charge is 0.231 e. The summed E-state index contributed by atoms with van der Waals surface area (Å²) in [4.78, 5) is 0. The van der Waals surface area contributed by atoms with Crippen LogP contribution in [0.3, 0.4) is 0 Å². The zero-order valence-electron chi connectivity index (χ0n) is 12.1. The summed E-state index contributed by atoms with van der Waals surface area (Å²) in [5, 5.41) is 9.51. The fraction of sp³-hybridized carbons (Fsp3) is 0.625. The topological polar surface area (TPSA) is 47.9 Å². The third-order valence-electron chi connectivity index (χ3n) is 4.15. The van der Waals surface area contributed by atoms with Crippen LogP contribution in [0.2, 0.25) is 0 Å². The molecule has 1 N–H and O–H groups in total. The normalized spacial score (nSPS) is 28.4. The molecule has 2 aliphatic rings. The minimum absolute atomic E-state index is 0.0518. The Bertz CT molecular complexity index is 476. The number of rotatable bonds is 3. The van der Waals surface area contributed by atoms with Gasteiger partial charge in [-0.05, 0) is 37.2 Å². The van der Waals surface area contributed by atoms with Crippen molar-refractivity contribution >= 4 is 0 Å². The molecule has 4 heteroatoms. The lowest BCUT2D eigenvalue weighted by Crippen LogP contribution is -2.28. The largest absolute Gasteiger partial charge is 0.490 e. The molecule has 0 amide bonds. The van der Waals surface area contributed by atoms with Gasteiger partial charge in [0.1, 0.15) is 5.75 Å². The monoisotopic (exact) mass is 278 g/mol. The molecular formula is C16H22O4.